The Kier molecular flexibility index (Phi) is 7.62. The van der Waals surface area contributed by atoms with Crippen LogP contribution in [0.4, 0.5) is 4.39 Å². The maximum Gasteiger partial charge on any atom is 0.267 e. The number of hydrogen-bond acceptors (Lipinski definition) is 5. The summed E-state index contributed by atoms with van der Waals surface area (Å²) in [5.41, 5.74) is 1.10. The van der Waals surface area contributed by atoms with Crippen molar-refractivity contribution in [1.29, 1.82) is 0 Å². The van der Waals surface area contributed by atoms with Gasteiger partial charge in [0.05, 0.1) is 11.8 Å². The minimum absolute atomic E-state index is 0.0194. The van der Waals surface area contributed by atoms with Crippen LogP contribution in [0.2, 0.25) is 10.0 Å². The quantitative estimate of drug-likeness (QED) is 0.443. The number of pyridine rings is 1. The average molecular weight is 511 g/mol. The molecule has 174 valence electrons. The van der Waals surface area contributed by atoms with E-state index in [0.29, 0.717) is 5.56 Å². The first-order chi connectivity index (χ1) is 15.5. The van der Waals surface area contributed by atoms with E-state index >= 15 is 0 Å². The molecule has 33 heavy (non-hydrogen) atoms. The topological polar surface area (TPSA) is 85.4 Å². The largest absolute Gasteiger partial charge is 0.468 e. The van der Waals surface area contributed by atoms with Gasteiger partial charge in [-0.05, 0) is 29.7 Å². The Balaban J connectivity index is 1.90. The molecular weight excluding hydrogens is 490 g/mol. The number of hydrogen-bond donors (Lipinski definition) is 1. The third kappa shape index (κ3) is 6.22. The summed E-state index contributed by atoms with van der Waals surface area (Å²) >= 11 is 12.7. The lowest BCUT2D eigenvalue weighted by molar-refractivity contribution is 0.0978. The highest BCUT2D eigenvalue weighted by Gasteiger charge is 2.22. The minimum atomic E-state index is -3.86. The highest BCUT2D eigenvalue weighted by atomic mass is 35.5. The number of benzene rings is 2. The zero-order valence-corrected chi connectivity index (χ0v) is 20.3. The molecule has 0 bridgehead atoms. The monoisotopic (exact) mass is 510 g/mol. The van der Waals surface area contributed by atoms with Crippen LogP contribution in [0.15, 0.2) is 54.7 Å². The van der Waals surface area contributed by atoms with Gasteiger partial charge in [-0.15, -0.1) is 0 Å². The molecule has 10 heteroatoms. The first-order valence-electron chi connectivity index (χ1n) is 9.85. The molecule has 1 heterocycles. The van der Waals surface area contributed by atoms with E-state index in [9.17, 15) is 17.6 Å². The van der Waals surface area contributed by atoms with Gasteiger partial charge < -0.3 is 4.74 Å². The molecule has 0 aliphatic rings. The number of ether oxygens (including phenoxy) is 1. The number of nitrogens with one attached hydrogen (secondary N) is 1. The molecule has 6 nitrogen and oxygen atoms in total. The van der Waals surface area contributed by atoms with Crippen molar-refractivity contribution in [2.24, 2.45) is 5.92 Å². The summed E-state index contributed by atoms with van der Waals surface area (Å²) in [6.07, 6.45) is 1.94. The lowest BCUT2D eigenvalue weighted by Gasteiger charge is -2.23. The van der Waals surface area contributed by atoms with E-state index < -0.39 is 27.3 Å². The van der Waals surface area contributed by atoms with Gasteiger partial charge in [0.15, 0.2) is 0 Å². The number of nitrogens with zero attached hydrogens (tertiary/aromatic N) is 1. The maximum absolute atomic E-state index is 14.6. The first-order valence-corrected chi connectivity index (χ1v) is 12.5. The number of amides is 1. The highest BCUT2D eigenvalue weighted by molar-refractivity contribution is 7.89. The molecule has 0 saturated carbocycles. The summed E-state index contributed by atoms with van der Waals surface area (Å²) in [7, 11) is -3.86. The van der Waals surface area contributed by atoms with Gasteiger partial charge >= 0.3 is 0 Å². The third-order valence-electron chi connectivity index (χ3n) is 4.67. The van der Waals surface area contributed by atoms with Gasteiger partial charge in [-0.25, -0.2) is 22.5 Å². The predicted octanol–water partition coefficient (Wildman–Crippen LogP) is 5.66. The summed E-state index contributed by atoms with van der Waals surface area (Å²) in [6, 6.07) is 13.3. The van der Waals surface area contributed by atoms with Crippen LogP contribution in [0.25, 0.3) is 11.1 Å². The fraction of sp³-hybridized carbons (Fsp3) is 0.217. The summed E-state index contributed by atoms with van der Waals surface area (Å²) in [4.78, 5) is 16.3. The van der Waals surface area contributed by atoms with Gasteiger partial charge in [0.25, 0.3) is 5.91 Å². The van der Waals surface area contributed by atoms with Crippen molar-refractivity contribution in [3.05, 3.63) is 81.7 Å². The standard InChI is InChI=1S/C23H21Cl2FN2O4S/c1-13(2)21(14-7-5-4-6-8-14)32-23-19(25)9-15(12-27-23)16-11-20(26)17(10-18(16)24)22(29)28-33(3,30)31/h4-13,21H,1-3H3,(H,28,29)/t21-/m1/s1. The van der Waals surface area contributed by atoms with Gasteiger partial charge in [0.2, 0.25) is 15.9 Å². The van der Waals surface area contributed by atoms with Crippen molar-refractivity contribution in [1.82, 2.24) is 9.71 Å². The van der Waals surface area contributed by atoms with Crippen LogP contribution < -0.4 is 9.46 Å². The van der Waals surface area contributed by atoms with Gasteiger partial charge in [0.1, 0.15) is 16.9 Å². The highest BCUT2D eigenvalue weighted by Crippen LogP contribution is 2.36. The van der Waals surface area contributed by atoms with E-state index in [-0.39, 0.29) is 33.5 Å². The number of sulfonamides is 1. The third-order valence-corrected chi connectivity index (χ3v) is 5.81. The van der Waals surface area contributed by atoms with Crippen LogP contribution in [0, 0.1) is 11.7 Å². The molecule has 3 aromatic rings. The summed E-state index contributed by atoms with van der Waals surface area (Å²) < 4.78 is 44.9. The molecule has 2 aromatic carbocycles. The van der Waals surface area contributed by atoms with E-state index in [1.807, 2.05) is 44.2 Å². The van der Waals surface area contributed by atoms with Gasteiger partial charge in [-0.3, -0.25) is 4.79 Å². The normalized spacial score (nSPS) is 12.5. The number of halogens is 3. The van der Waals surface area contributed by atoms with E-state index in [4.69, 9.17) is 27.9 Å². The number of rotatable bonds is 7. The molecule has 0 radical (unpaired) electrons. The number of aromatic nitrogens is 1. The molecule has 1 N–H and O–H groups in total. The Morgan fingerprint density at radius 3 is 2.33 bits per heavy atom. The summed E-state index contributed by atoms with van der Waals surface area (Å²) in [6.45, 7) is 4.04. The summed E-state index contributed by atoms with van der Waals surface area (Å²) in [5, 5.41) is 0.218. The molecule has 0 spiro atoms. The van der Waals surface area contributed by atoms with Gasteiger partial charge in [-0.1, -0.05) is 67.4 Å². The van der Waals surface area contributed by atoms with Crippen molar-refractivity contribution < 1.29 is 22.3 Å². The molecule has 1 amide bonds. The lowest BCUT2D eigenvalue weighted by Crippen LogP contribution is -2.30. The molecule has 1 aromatic heterocycles. The van der Waals surface area contributed by atoms with Crippen molar-refractivity contribution in [3.8, 4) is 17.0 Å². The summed E-state index contributed by atoms with van der Waals surface area (Å²) in [5.74, 6) is -1.72. The lowest BCUT2D eigenvalue weighted by atomic mass is 9.99. The van der Waals surface area contributed by atoms with Crippen molar-refractivity contribution >= 4 is 39.1 Å². The molecule has 1 atom stereocenters. The Labute approximate surface area is 201 Å². The number of carbonyl (C=O) groups excluding carboxylic acids is 1. The van der Waals surface area contributed by atoms with Crippen molar-refractivity contribution in [2.75, 3.05) is 6.26 Å². The fourth-order valence-electron chi connectivity index (χ4n) is 3.18. The molecule has 0 fully saturated rings. The molecular formula is C23H21Cl2FN2O4S. The van der Waals surface area contributed by atoms with Gasteiger partial charge in [-0.2, -0.15) is 0 Å². The van der Waals surface area contributed by atoms with E-state index in [2.05, 4.69) is 4.98 Å². The SMILES string of the molecule is CC(C)[C@@H](Oc1ncc(-c2cc(F)c(C(=O)NS(C)(=O)=O)cc2Cl)cc1Cl)c1ccccc1. The van der Waals surface area contributed by atoms with Crippen LogP contribution in [0.1, 0.15) is 35.9 Å². The van der Waals surface area contributed by atoms with Crippen LogP contribution in [0.3, 0.4) is 0 Å². The Hall–Kier alpha value is -2.68. The van der Waals surface area contributed by atoms with E-state index in [0.717, 1.165) is 24.0 Å². The smallest absolute Gasteiger partial charge is 0.267 e. The van der Waals surface area contributed by atoms with E-state index in [1.165, 1.54) is 12.3 Å². The van der Waals surface area contributed by atoms with Crippen molar-refractivity contribution in [3.63, 3.8) is 0 Å². The fourth-order valence-corrected chi connectivity index (χ4v) is 4.11. The molecule has 3 rings (SSSR count). The first kappa shape index (κ1) is 25.0. The zero-order chi connectivity index (χ0) is 24.3. The molecule has 0 saturated heterocycles. The second-order valence-corrected chi connectivity index (χ2v) is 10.3. The van der Waals surface area contributed by atoms with Crippen LogP contribution >= 0.6 is 23.2 Å². The predicted molar refractivity (Wildman–Crippen MR) is 127 cm³/mol. The van der Waals surface area contributed by atoms with Crippen molar-refractivity contribution in [2.45, 2.75) is 20.0 Å². The van der Waals surface area contributed by atoms with Crippen LogP contribution in [0.5, 0.6) is 5.88 Å². The Morgan fingerprint density at radius 1 is 1.09 bits per heavy atom. The second kappa shape index (κ2) is 10.1. The molecule has 0 unspecified atom stereocenters. The average Bonchev–Trinajstić information content (AvgIpc) is 2.73. The van der Waals surface area contributed by atoms with Crippen LogP contribution in [-0.4, -0.2) is 25.6 Å². The Bertz CT molecular complexity index is 1290. The molecule has 0 aliphatic carbocycles. The minimum Gasteiger partial charge on any atom is -0.468 e. The molecule has 0 aliphatic heterocycles. The Morgan fingerprint density at radius 2 is 1.76 bits per heavy atom. The van der Waals surface area contributed by atoms with E-state index in [1.54, 1.807) is 4.72 Å². The van der Waals surface area contributed by atoms with Gasteiger partial charge in [0, 0.05) is 22.3 Å². The zero-order valence-electron chi connectivity index (χ0n) is 18.0. The van der Waals surface area contributed by atoms with Crippen LogP contribution in [-0.2, 0) is 10.0 Å². The second-order valence-electron chi connectivity index (χ2n) is 7.72. The number of carbonyl (C=O) groups is 1. The maximum atomic E-state index is 14.6.